The molecule has 0 saturated carbocycles. The fourth-order valence-electron chi connectivity index (χ4n) is 4.11. The smallest absolute Gasteiger partial charge is 0.328 e. The molecule has 29 heavy (non-hydrogen) atoms. The number of esters is 1. The molecule has 2 aliphatic rings. The van der Waals surface area contributed by atoms with Crippen molar-refractivity contribution in [2.45, 2.75) is 31.1 Å². The van der Waals surface area contributed by atoms with Crippen molar-refractivity contribution in [3.63, 3.8) is 0 Å². The Balaban J connectivity index is 1.53. The minimum Gasteiger partial charge on any atom is -0.467 e. The molecule has 2 unspecified atom stereocenters. The second-order valence-electron chi connectivity index (χ2n) is 7.53. The Hall–Kier alpha value is -2.70. The number of methoxy groups -OCH3 is 1. The SMILES string of the molecule is COC(=O)C1CC2(CN1C(=O)C(C)c1ccc(-c3ccccc3)cc1)OCCO2. The fraction of sp³-hybridized carbons (Fsp3) is 0.391. The van der Waals surface area contributed by atoms with Gasteiger partial charge in [-0.05, 0) is 23.6 Å². The van der Waals surface area contributed by atoms with Gasteiger partial charge in [0.25, 0.3) is 0 Å². The van der Waals surface area contributed by atoms with Crippen LogP contribution in [-0.2, 0) is 23.8 Å². The quantitative estimate of drug-likeness (QED) is 0.745. The summed E-state index contributed by atoms with van der Waals surface area (Å²) in [4.78, 5) is 27.1. The van der Waals surface area contributed by atoms with Gasteiger partial charge in [0, 0.05) is 6.42 Å². The number of nitrogens with zero attached hydrogens (tertiary/aromatic N) is 1. The fourth-order valence-corrected chi connectivity index (χ4v) is 4.11. The van der Waals surface area contributed by atoms with Gasteiger partial charge in [0.2, 0.25) is 5.91 Å². The summed E-state index contributed by atoms with van der Waals surface area (Å²) in [5.41, 5.74) is 3.11. The second-order valence-corrected chi connectivity index (χ2v) is 7.53. The molecule has 2 saturated heterocycles. The lowest BCUT2D eigenvalue weighted by Gasteiger charge is -2.26. The van der Waals surface area contributed by atoms with Gasteiger partial charge in [-0.2, -0.15) is 0 Å². The normalized spacial score (nSPS) is 21.3. The van der Waals surface area contributed by atoms with Crippen LogP contribution in [0.4, 0.5) is 0 Å². The first kappa shape index (κ1) is 19.6. The van der Waals surface area contributed by atoms with Crippen LogP contribution in [0, 0.1) is 0 Å². The molecule has 0 aromatic heterocycles. The average molecular weight is 395 g/mol. The Morgan fingerprint density at radius 1 is 1.03 bits per heavy atom. The van der Waals surface area contributed by atoms with Crippen LogP contribution in [-0.4, -0.2) is 55.5 Å². The van der Waals surface area contributed by atoms with Crippen molar-refractivity contribution in [1.82, 2.24) is 4.90 Å². The molecule has 0 bridgehead atoms. The summed E-state index contributed by atoms with van der Waals surface area (Å²) in [6.45, 7) is 3.02. The van der Waals surface area contributed by atoms with Crippen molar-refractivity contribution in [2.24, 2.45) is 0 Å². The predicted molar refractivity (Wildman–Crippen MR) is 107 cm³/mol. The maximum Gasteiger partial charge on any atom is 0.328 e. The molecule has 6 nitrogen and oxygen atoms in total. The van der Waals surface area contributed by atoms with E-state index in [1.165, 1.54) is 7.11 Å². The molecular formula is C23H25NO5. The van der Waals surface area contributed by atoms with Crippen LogP contribution < -0.4 is 0 Å². The molecule has 2 heterocycles. The monoisotopic (exact) mass is 395 g/mol. The first-order valence-corrected chi connectivity index (χ1v) is 9.85. The first-order chi connectivity index (χ1) is 14.0. The molecular weight excluding hydrogens is 370 g/mol. The van der Waals surface area contributed by atoms with Crippen molar-refractivity contribution < 1.29 is 23.8 Å². The third-order valence-corrected chi connectivity index (χ3v) is 5.75. The van der Waals surface area contributed by atoms with Crippen LogP contribution in [0.1, 0.15) is 24.8 Å². The minimum atomic E-state index is -0.897. The topological polar surface area (TPSA) is 65.1 Å². The van der Waals surface area contributed by atoms with E-state index in [0.29, 0.717) is 19.6 Å². The summed E-state index contributed by atoms with van der Waals surface area (Å²) >= 11 is 0. The molecule has 2 aliphatic heterocycles. The van der Waals surface area contributed by atoms with Crippen LogP contribution in [0.2, 0.25) is 0 Å². The number of hydrogen-bond donors (Lipinski definition) is 0. The second kappa shape index (κ2) is 7.97. The Morgan fingerprint density at radius 2 is 1.66 bits per heavy atom. The number of carbonyl (C=O) groups excluding carboxylic acids is 2. The summed E-state index contributed by atoms with van der Waals surface area (Å²) in [6.07, 6.45) is 0.297. The molecule has 1 spiro atoms. The standard InChI is InChI=1S/C23H25NO5/c1-16(17-8-10-19(11-9-17)18-6-4-3-5-7-18)21(25)24-15-23(28-12-13-29-23)14-20(24)22(26)27-2/h3-11,16,20H,12-15H2,1-2H3. The third kappa shape index (κ3) is 3.78. The van der Waals surface area contributed by atoms with Gasteiger partial charge in [-0.15, -0.1) is 0 Å². The lowest BCUT2D eigenvalue weighted by Crippen LogP contribution is -2.43. The maximum atomic E-state index is 13.3. The zero-order chi connectivity index (χ0) is 20.4. The van der Waals surface area contributed by atoms with E-state index >= 15 is 0 Å². The largest absolute Gasteiger partial charge is 0.467 e. The van der Waals surface area contributed by atoms with Gasteiger partial charge in [-0.1, -0.05) is 54.6 Å². The Kier molecular flexibility index (Phi) is 5.39. The van der Waals surface area contributed by atoms with Crippen molar-refractivity contribution in [3.8, 4) is 11.1 Å². The van der Waals surface area contributed by atoms with Gasteiger partial charge in [0.15, 0.2) is 5.79 Å². The zero-order valence-corrected chi connectivity index (χ0v) is 16.7. The number of carbonyl (C=O) groups is 2. The van der Waals surface area contributed by atoms with Crippen LogP contribution in [0.25, 0.3) is 11.1 Å². The van der Waals surface area contributed by atoms with Crippen LogP contribution >= 0.6 is 0 Å². The lowest BCUT2D eigenvalue weighted by molar-refractivity contribution is -0.153. The summed E-state index contributed by atoms with van der Waals surface area (Å²) < 4.78 is 16.4. The molecule has 6 heteroatoms. The lowest BCUT2D eigenvalue weighted by atomic mass is 9.96. The number of benzene rings is 2. The highest BCUT2D eigenvalue weighted by Crippen LogP contribution is 2.37. The highest BCUT2D eigenvalue weighted by Gasteiger charge is 2.53. The predicted octanol–water partition coefficient (Wildman–Crippen LogP) is 2.97. The summed E-state index contributed by atoms with van der Waals surface area (Å²) in [5.74, 6) is -1.88. The van der Waals surface area contributed by atoms with E-state index in [4.69, 9.17) is 14.2 Å². The van der Waals surface area contributed by atoms with E-state index in [9.17, 15) is 9.59 Å². The van der Waals surface area contributed by atoms with Crippen molar-refractivity contribution >= 4 is 11.9 Å². The number of rotatable bonds is 4. The highest BCUT2D eigenvalue weighted by molar-refractivity contribution is 5.89. The van der Waals surface area contributed by atoms with Gasteiger partial charge < -0.3 is 19.1 Å². The maximum absolute atomic E-state index is 13.3. The highest BCUT2D eigenvalue weighted by atomic mass is 16.7. The Morgan fingerprint density at radius 3 is 2.28 bits per heavy atom. The van der Waals surface area contributed by atoms with Crippen LogP contribution in [0.15, 0.2) is 54.6 Å². The van der Waals surface area contributed by atoms with Gasteiger partial charge in [0.05, 0.1) is 32.8 Å². The van der Waals surface area contributed by atoms with Gasteiger partial charge in [0.1, 0.15) is 6.04 Å². The van der Waals surface area contributed by atoms with E-state index < -0.39 is 23.7 Å². The molecule has 2 fully saturated rings. The number of likely N-dealkylation sites (tertiary alicyclic amines) is 1. The molecule has 0 N–H and O–H groups in total. The molecule has 2 aromatic rings. The van der Waals surface area contributed by atoms with Gasteiger partial charge >= 0.3 is 5.97 Å². The van der Waals surface area contributed by atoms with Crippen LogP contribution in [0.3, 0.4) is 0 Å². The van der Waals surface area contributed by atoms with Gasteiger partial charge in [-0.25, -0.2) is 4.79 Å². The molecule has 2 atom stereocenters. The summed E-state index contributed by atoms with van der Waals surface area (Å²) in [6, 6.07) is 17.3. The van der Waals surface area contributed by atoms with E-state index in [1.54, 1.807) is 4.90 Å². The number of amides is 1. The van der Waals surface area contributed by atoms with E-state index in [2.05, 4.69) is 12.1 Å². The van der Waals surface area contributed by atoms with E-state index in [0.717, 1.165) is 16.7 Å². The zero-order valence-electron chi connectivity index (χ0n) is 16.7. The third-order valence-electron chi connectivity index (χ3n) is 5.75. The average Bonchev–Trinajstić information content (AvgIpc) is 3.40. The van der Waals surface area contributed by atoms with E-state index in [1.807, 2.05) is 49.4 Å². The van der Waals surface area contributed by atoms with Crippen molar-refractivity contribution in [3.05, 3.63) is 60.2 Å². The van der Waals surface area contributed by atoms with Crippen molar-refractivity contribution in [1.29, 1.82) is 0 Å². The van der Waals surface area contributed by atoms with Gasteiger partial charge in [-0.3, -0.25) is 4.79 Å². The summed E-state index contributed by atoms with van der Waals surface area (Å²) in [7, 11) is 1.33. The molecule has 152 valence electrons. The van der Waals surface area contributed by atoms with Crippen molar-refractivity contribution in [2.75, 3.05) is 26.9 Å². The van der Waals surface area contributed by atoms with E-state index in [-0.39, 0.29) is 12.5 Å². The number of hydrogen-bond acceptors (Lipinski definition) is 5. The first-order valence-electron chi connectivity index (χ1n) is 9.85. The molecule has 0 radical (unpaired) electrons. The Bertz CT molecular complexity index is 874. The Labute approximate surface area is 170 Å². The number of ether oxygens (including phenoxy) is 3. The summed E-state index contributed by atoms with van der Waals surface area (Å²) in [5, 5.41) is 0. The molecule has 1 amide bonds. The minimum absolute atomic E-state index is 0.135. The molecule has 2 aromatic carbocycles. The molecule has 4 rings (SSSR count). The molecule has 0 aliphatic carbocycles. The van der Waals surface area contributed by atoms with Crippen LogP contribution in [0.5, 0.6) is 0 Å².